The summed E-state index contributed by atoms with van der Waals surface area (Å²) in [5.74, 6) is -0.298. The molecule has 1 aromatic carbocycles. The molecule has 0 radical (unpaired) electrons. The molecule has 1 aliphatic rings. The van der Waals surface area contributed by atoms with E-state index in [4.69, 9.17) is 17.0 Å². The van der Waals surface area contributed by atoms with Crippen molar-refractivity contribution in [3.8, 4) is 0 Å². The van der Waals surface area contributed by atoms with Gasteiger partial charge >= 0.3 is 0 Å². The Kier molecular flexibility index (Phi) is 3.66. The average Bonchev–Trinajstić information content (AvgIpc) is 2.93. The number of hydrogen-bond acceptors (Lipinski definition) is 4. The van der Waals surface area contributed by atoms with Crippen molar-refractivity contribution in [2.24, 2.45) is 0 Å². The maximum Gasteiger partial charge on any atom is 0.141 e. The van der Waals surface area contributed by atoms with Gasteiger partial charge in [0.25, 0.3) is 0 Å². The second-order valence-corrected chi connectivity index (χ2v) is 6.63. The predicted molar refractivity (Wildman–Crippen MR) is 87.6 cm³/mol. The highest BCUT2D eigenvalue weighted by atomic mass is 35.5. The zero-order valence-corrected chi connectivity index (χ0v) is 13.5. The van der Waals surface area contributed by atoms with E-state index in [0.717, 1.165) is 10.6 Å². The third kappa shape index (κ3) is 2.38. The number of anilines is 1. The molecule has 0 saturated heterocycles. The molecule has 0 amide bonds. The van der Waals surface area contributed by atoms with Crippen LogP contribution in [-0.4, -0.2) is 22.5 Å². The van der Waals surface area contributed by atoms with Crippen molar-refractivity contribution in [2.45, 2.75) is 13.8 Å². The van der Waals surface area contributed by atoms with Gasteiger partial charge in [0.05, 0.1) is 22.8 Å². The summed E-state index contributed by atoms with van der Waals surface area (Å²) in [5, 5.41) is 19.1. The third-order valence-electron chi connectivity index (χ3n) is 3.56. The zero-order valence-electron chi connectivity index (χ0n) is 11.9. The number of thiazole rings is 1. The smallest absolute Gasteiger partial charge is 0.141 e. The number of nitrogens with one attached hydrogen (secondary N) is 1. The second-order valence-electron chi connectivity index (χ2n) is 5.02. The van der Waals surface area contributed by atoms with Gasteiger partial charge in [-0.25, -0.2) is 9.37 Å². The van der Waals surface area contributed by atoms with Crippen LogP contribution in [-0.2, 0) is 0 Å². The normalized spacial score (nSPS) is 15.1. The minimum atomic E-state index is -0.514. The van der Waals surface area contributed by atoms with E-state index in [9.17, 15) is 9.50 Å². The molecule has 4 nitrogen and oxygen atoms in total. The molecule has 1 aromatic heterocycles. The lowest BCUT2D eigenvalue weighted by atomic mass is 10.2. The number of hydrogen-bond donors (Lipinski definition) is 2. The predicted octanol–water partition coefficient (Wildman–Crippen LogP) is 4.32. The number of aryl methyl sites for hydroxylation is 2. The molecule has 2 heterocycles. The van der Waals surface area contributed by atoms with Crippen LogP contribution in [0.1, 0.15) is 15.6 Å². The SMILES string of the molecule is Cc1nc(C2=C(O)CN(c3ccc(F)c(Cl)c3)C2=N)sc1C. The summed E-state index contributed by atoms with van der Waals surface area (Å²) in [4.78, 5) is 7.02. The molecule has 1 aliphatic heterocycles. The number of halogens is 2. The number of aliphatic hydroxyl groups is 1. The van der Waals surface area contributed by atoms with Crippen LogP contribution in [0.25, 0.3) is 5.57 Å². The fraction of sp³-hybridized carbons (Fsp3) is 0.200. The Labute approximate surface area is 136 Å². The highest BCUT2D eigenvalue weighted by molar-refractivity contribution is 7.13. The van der Waals surface area contributed by atoms with Crippen LogP contribution in [0, 0.1) is 25.1 Å². The molecule has 2 aromatic rings. The number of rotatable bonds is 2. The number of benzene rings is 1. The lowest BCUT2D eigenvalue weighted by Crippen LogP contribution is -2.26. The summed E-state index contributed by atoms with van der Waals surface area (Å²) < 4.78 is 13.3. The molecule has 2 N–H and O–H groups in total. The molecule has 0 fully saturated rings. The zero-order chi connectivity index (χ0) is 16.0. The second kappa shape index (κ2) is 5.37. The summed E-state index contributed by atoms with van der Waals surface area (Å²) in [6.07, 6.45) is 0. The van der Waals surface area contributed by atoms with Gasteiger partial charge in [-0.05, 0) is 32.0 Å². The van der Waals surface area contributed by atoms with Crippen LogP contribution in [0.2, 0.25) is 5.02 Å². The Morgan fingerprint density at radius 2 is 2.14 bits per heavy atom. The minimum Gasteiger partial charge on any atom is -0.510 e. The van der Waals surface area contributed by atoms with Gasteiger partial charge in [0.2, 0.25) is 0 Å². The first kappa shape index (κ1) is 15.0. The van der Waals surface area contributed by atoms with Gasteiger partial charge in [0, 0.05) is 10.6 Å². The molecule has 0 unspecified atom stereocenters. The van der Waals surface area contributed by atoms with Gasteiger partial charge in [0.15, 0.2) is 0 Å². The molecule has 0 bridgehead atoms. The molecule has 22 heavy (non-hydrogen) atoms. The van der Waals surface area contributed by atoms with Crippen molar-refractivity contribution in [3.63, 3.8) is 0 Å². The molecule has 7 heteroatoms. The quantitative estimate of drug-likeness (QED) is 0.858. The van der Waals surface area contributed by atoms with Crippen LogP contribution in [0.3, 0.4) is 0 Å². The lowest BCUT2D eigenvalue weighted by molar-refractivity contribution is 0.411. The monoisotopic (exact) mass is 337 g/mol. The van der Waals surface area contributed by atoms with E-state index in [1.54, 1.807) is 4.90 Å². The largest absolute Gasteiger partial charge is 0.510 e. The van der Waals surface area contributed by atoms with E-state index in [2.05, 4.69) is 4.98 Å². The third-order valence-corrected chi connectivity index (χ3v) is 4.94. The number of amidine groups is 1. The molecule has 3 rings (SSSR count). The van der Waals surface area contributed by atoms with Crippen LogP contribution < -0.4 is 4.90 Å². The maximum absolute atomic E-state index is 13.3. The van der Waals surface area contributed by atoms with Gasteiger partial charge in [-0.3, -0.25) is 5.41 Å². The number of aliphatic hydroxyl groups excluding tert-OH is 1. The molecular weight excluding hydrogens is 325 g/mol. The summed E-state index contributed by atoms with van der Waals surface area (Å²) in [5.41, 5.74) is 1.86. The Morgan fingerprint density at radius 1 is 1.41 bits per heavy atom. The summed E-state index contributed by atoms with van der Waals surface area (Å²) >= 11 is 7.23. The summed E-state index contributed by atoms with van der Waals surface area (Å²) in [6.45, 7) is 3.99. The van der Waals surface area contributed by atoms with E-state index in [1.165, 1.54) is 29.5 Å². The Morgan fingerprint density at radius 3 is 2.73 bits per heavy atom. The fourth-order valence-corrected chi connectivity index (χ4v) is 3.41. The van der Waals surface area contributed by atoms with Crippen molar-refractivity contribution >= 4 is 40.0 Å². The lowest BCUT2D eigenvalue weighted by Gasteiger charge is -2.18. The van der Waals surface area contributed by atoms with E-state index in [-0.39, 0.29) is 23.2 Å². The fourth-order valence-electron chi connectivity index (χ4n) is 2.26. The van der Waals surface area contributed by atoms with Gasteiger partial charge in [-0.2, -0.15) is 0 Å². The van der Waals surface area contributed by atoms with E-state index < -0.39 is 5.82 Å². The van der Waals surface area contributed by atoms with Crippen molar-refractivity contribution in [1.82, 2.24) is 4.98 Å². The van der Waals surface area contributed by atoms with E-state index in [1.807, 2.05) is 13.8 Å². The highest BCUT2D eigenvalue weighted by Crippen LogP contribution is 2.34. The Bertz CT molecular complexity index is 796. The molecule has 0 atom stereocenters. The Hall–Kier alpha value is -1.92. The van der Waals surface area contributed by atoms with Crippen LogP contribution in [0.4, 0.5) is 10.1 Å². The molecular formula is C15H13ClFN3OS. The Balaban J connectivity index is 1.97. The molecule has 114 valence electrons. The highest BCUT2D eigenvalue weighted by Gasteiger charge is 2.31. The first-order valence-corrected chi connectivity index (χ1v) is 7.76. The molecule has 0 saturated carbocycles. The van der Waals surface area contributed by atoms with E-state index >= 15 is 0 Å². The number of aromatic nitrogens is 1. The first-order valence-electron chi connectivity index (χ1n) is 6.56. The minimum absolute atomic E-state index is 0.0147. The van der Waals surface area contributed by atoms with Crippen LogP contribution in [0.15, 0.2) is 24.0 Å². The van der Waals surface area contributed by atoms with Crippen molar-refractivity contribution in [1.29, 1.82) is 5.41 Å². The van der Waals surface area contributed by atoms with Gasteiger partial charge < -0.3 is 10.0 Å². The van der Waals surface area contributed by atoms with Crippen molar-refractivity contribution in [3.05, 3.63) is 50.4 Å². The first-order chi connectivity index (χ1) is 10.4. The average molecular weight is 338 g/mol. The van der Waals surface area contributed by atoms with Crippen molar-refractivity contribution in [2.75, 3.05) is 11.4 Å². The van der Waals surface area contributed by atoms with Gasteiger partial charge in [-0.1, -0.05) is 11.6 Å². The summed E-state index contributed by atoms with van der Waals surface area (Å²) in [6, 6.07) is 4.22. The molecule has 0 spiro atoms. The van der Waals surface area contributed by atoms with Crippen molar-refractivity contribution < 1.29 is 9.50 Å². The van der Waals surface area contributed by atoms with Gasteiger partial charge in [0.1, 0.15) is 22.4 Å². The maximum atomic E-state index is 13.3. The summed E-state index contributed by atoms with van der Waals surface area (Å²) in [7, 11) is 0. The van der Waals surface area contributed by atoms with Crippen LogP contribution in [0.5, 0.6) is 0 Å². The topological polar surface area (TPSA) is 60.2 Å². The van der Waals surface area contributed by atoms with Crippen LogP contribution >= 0.6 is 22.9 Å². The number of nitrogens with zero attached hydrogens (tertiary/aromatic N) is 2. The van der Waals surface area contributed by atoms with Gasteiger partial charge in [-0.15, -0.1) is 11.3 Å². The van der Waals surface area contributed by atoms with E-state index in [0.29, 0.717) is 16.3 Å². The standard InChI is InChI=1S/C15H13ClFN3OS/c1-7-8(2)22-15(19-7)13-12(21)6-20(14(13)18)9-3-4-11(17)10(16)5-9/h3-5,18,21H,6H2,1-2H3. The molecule has 0 aliphatic carbocycles.